The number of aliphatic imine (C=N–C) groups is 1. The zero-order chi connectivity index (χ0) is 13.8. The third-order valence-electron chi connectivity index (χ3n) is 3.46. The number of ether oxygens (including phenoxy) is 1. The van der Waals surface area contributed by atoms with Crippen LogP contribution in [-0.4, -0.2) is 34.8 Å². The normalized spacial score (nSPS) is 19.6. The van der Waals surface area contributed by atoms with Crippen LogP contribution in [0.3, 0.4) is 0 Å². The lowest BCUT2D eigenvalue weighted by Gasteiger charge is -2.10. The van der Waals surface area contributed by atoms with E-state index < -0.39 is 0 Å². The van der Waals surface area contributed by atoms with Gasteiger partial charge in [0.2, 0.25) is 0 Å². The van der Waals surface area contributed by atoms with E-state index in [4.69, 9.17) is 10.5 Å². The molecule has 1 atom stereocenters. The highest BCUT2D eigenvalue weighted by molar-refractivity contribution is 5.78. The van der Waals surface area contributed by atoms with Crippen molar-refractivity contribution in [1.29, 1.82) is 0 Å². The third-order valence-corrected chi connectivity index (χ3v) is 3.46. The zero-order valence-corrected chi connectivity index (χ0v) is 11.3. The highest BCUT2D eigenvalue weighted by Crippen LogP contribution is 2.11. The van der Waals surface area contributed by atoms with Gasteiger partial charge < -0.3 is 15.8 Å². The Morgan fingerprint density at radius 2 is 2.50 bits per heavy atom. The van der Waals surface area contributed by atoms with Gasteiger partial charge in [0.1, 0.15) is 0 Å². The standard InChI is InChI=1S/C14H19N5O/c15-14(17-10-12-4-3-7-20-12)16-8-11-9-18-19-6-2-1-5-13(11)19/h1-2,5-6,9,12H,3-4,7-8,10H2,(H3,15,16,17). The Kier molecular flexibility index (Phi) is 3.83. The molecule has 0 aromatic carbocycles. The summed E-state index contributed by atoms with van der Waals surface area (Å²) in [5, 5.41) is 7.38. The van der Waals surface area contributed by atoms with Crippen LogP contribution in [0.2, 0.25) is 0 Å². The van der Waals surface area contributed by atoms with Crippen molar-refractivity contribution in [2.75, 3.05) is 13.2 Å². The largest absolute Gasteiger partial charge is 0.376 e. The molecule has 0 bridgehead atoms. The number of fused-ring (bicyclic) bond motifs is 1. The predicted octanol–water partition coefficient (Wildman–Crippen LogP) is 0.918. The molecule has 1 fully saturated rings. The lowest BCUT2D eigenvalue weighted by atomic mass is 10.2. The van der Waals surface area contributed by atoms with Gasteiger partial charge in [-0.05, 0) is 25.0 Å². The number of guanidine groups is 1. The van der Waals surface area contributed by atoms with E-state index >= 15 is 0 Å². The fourth-order valence-corrected chi connectivity index (χ4v) is 2.36. The summed E-state index contributed by atoms with van der Waals surface area (Å²) >= 11 is 0. The molecule has 0 saturated carbocycles. The average molecular weight is 273 g/mol. The molecule has 1 aliphatic rings. The number of nitrogens with one attached hydrogen (secondary N) is 1. The highest BCUT2D eigenvalue weighted by atomic mass is 16.5. The van der Waals surface area contributed by atoms with Gasteiger partial charge in [0.25, 0.3) is 0 Å². The van der Waals surface area contributed by atoms with Gasteiger partial charge >= 0.3 is 0 Å². The second-order valence-corrected chi connectivity index (χ2v) is 4.92. The Morgan fingerprint density at radius 3 is 3.35 bits per heavy atom. The van der Waals surface area contributed by atoms with Gasteiger partial charge in [-0.2, -0.15) is 5.10 Å². The third kappa shape index (κ3) is 2.91. The first-order valence-corrected chi connectivity index (χ1v) is 6.89. The molecule has 6 nitrogen and oxygen atoms in total. The molecule has 6 heteroatoms. The Morgan fingerprint density at radius 1 is 1.55 bits per heavy atom. The monoisotopic (exact) mass is 273 g/mol. The maximum Gasteiger partial charge on any atom is 0.189 e. The molecule has 106 valence electrons. The second kappa shape index (κ2) is 5.92. The summed E-state index contributed by atoms with van der Waals surface area (Å²) in [4.78, 5) is 4.35. The van der Waals surface area contributed by atoms with E-state index in [0.717, 1.165) is 37.1 Å². The van der Waals surface area contributed by atoms with Crippen LogP contribution in [0.4, 0.5) is 0 Å². The summed E-state index contributed by atoms with van der Waals surface area (Å²) in [6, 6.07) is 5.96. The van der Waals surface area contributed by atoms with Crippen molar-refractivity contribution < 1.29 is 4.74 Å². The summed E-state index contributed by atoms with van der Waals surface area (Å²) in [6.07, 6.45) is 6.23. The van der Waals surface area contributed by atoms with E-state index in [1.807, 2.05) is 35.1 Å². The lowest BCUT2D eigenvalue weighted by Crippen LogP contribution is -2.37. The summed E-state index contributed by atoms with van der Waals surface area (Å²) in [6.45, 7) is 2.10. The molecule has 3 N–H and O–H groups in total. The van der Waals surface area contributed by atoms with Gasteiger partial charge in [-0.3, -0.25) is 0 Å². The molecule has 0 aliphatic carbocycles. The summed E-state index contributed by atoms with van der Waals surface area (Å²) in [5.74, 6) is 0.454. The molecule has 0 radical (unpaired) electrons. The van der Waals surface area contributed by atoms with Crippen molar-refractivity contribution in [3.63, 3.8) is 0 Å². The van der Waals surface area contributed by atoms with Gasteiger partial charge in [-0.15, -0.1) is 0 Å². The van der Waals surface area contributed by atoms with Gasteiger partial charge in [0, 0.05) is 24.9 Å². The van der Waals surface area contributed by atoms with Crippen molar-refractivity contribution in [2.24, 2.45) is 10.7 Å². The predicted molar refractivity (Wildman–Crippen MR) is 77.5 cm³/mol. The van der Waals surface area contributed by atoms with Gasteiger partial charge in [0.15, 0.2) is 5.96 Å². The van der Waals surface area contributed by atoms with E-state index in [1.165, 1.54) is 0 Å². The fourth-order valence-electron chi connectivity index (χ4n) is 2.36. The van der Waals surface area contributed by atoms with E-state index in [2.05, 4.69) is 15.4 Å². The number of nitrogens with zero attached hydrogens (tertiary/aromatic N) is 3. The summed E-state index contributed by atoms with van der Waals surface area (Å²) in [5.41, 5.74) is 7.99. The molecule has 2 aromatic rings. The Hall–Kier alpha value is -2.08. The van der Waals surface area contributed by atoms with Crippen LogP contribution < -0.4 is 11.1 Å². The Balaban J connectivity index is 1.58. The molecule has 3 heterocycles. The second-order valence-electron chi connectivity index (χ2n) is 4.92. The van der Waals surface area contributed by atoms with Gasteiger partial charge in [0.05, 0.1) is 24.4 Å². The first-order valence-electron chi connectivity index (χ1n) is 6.89. The maximum absolute atomic E-state index is 5.87. The van der Waals surface area contributed by atoms with Gasteiger partial charge in [-0.1, -0.05) is 6.07 Å². The number of pyridine rings is 1. The molecule has 3 rings (SSSR count). The molecular formula is C14H19N5O. The highest BCUT2D eigenvalue weighted by Gasteiger charge is 2.14. The maximum atomic E-state index is 5.87. The molecule has 0 amide bonds. The number of aromatic nitrogens is 2. The first-order chi connectivity index (χ1) is 9.83. The van der Waals surface area contributed by atoms with Crippen LogP contribution in [-0.2, 0) is 11.3 Å². The van der Waals surface area contributed by atoms with E-state index in [1.54, 1.807) is 0 Å². The first kappa shape index (κ1) is 12.9. The topological polar surface area (TPSA) is 76.9 Å². The van der Waals surface area contributed by atoms with Crippen LogP contribution in [0.1, 0.15) is 18.4 Å². The van der Waals surface area contributed by atoms with E-state index in [0.29, 0.717) is 12.5 Å². The summed E-state index contributed by atoms with van der Waals surface area (Å²) < 4.78 is 7.36. The van der Waals surface area contributed by atoms with Crippen LogP contribution in [0, 0.1) is 0 Å². The molecule has 0 spiro atoms. The molecule has 1 aliphatic heterocycles. The van der Waals surface area contributed by atoms with Gasteiger partial charge in [-0.25, -0.2) is 9.51 Å². The van der Waals surface area contributed by atoms with Crippen molar-refractivity contribution in [3.05, 3.63) is 36.2 Å². The quantitative estimate of drug-likeness (QED) is 0.641. The van der Waals surface area contributed by atoms with Crippen LogP contribution in [0.15, 0.2) is 35.6 Å². The van der Waals surface area contributed by atoms with Crippen LogP contribution in [0.5, 0.6) is 0 Å². The SMILES string of the molecule is NC(=NCc1cnn2ccccc12)NCC1CCCO1. The number of hydrogen-bond acceptors (Lipinski definition) is 3. The average Bonchev–Trinajstić information content (AvgIpc) is 3.12. The van der Waals surface area contributed by atoms with Crippen LogP contribution >= 0.6 is 0 Å². The van der Waals surface area contributed by atoms with E-state index in [-0.39, 0.29) is 6.10 Å². The number of hydrogen-bond donors (Lipinski definition) is 2. The minimum atomic E-state index is 0.265. The molecule has 20 heavy (non-hydrogen) atoms. The molecule has 1 unspecified atom stereocenters. The van der Waals surface area contributed by atoms with E-state index in [9.17, 15) is 0 Å². The van der Waals surface area contributed by atoms with Crippen LogP contribution in [0.25, 0.3) is 5.52 Å². The Bertz CT molecular complexity index is 600. The van der Waals surface area contributed by atoms with Crippen molar-refractivity contribution >= 4 is 11.5 Å². The lowest BCUT2D eigenvalue weighted by molar-refractivity contribution is 0.114. The molecule has 1 saturated heterocycles. The number of rotatable bonds is 4. The van der Waals surface area contributed by atoms with Crippen molar-refractivity contribution in [2.45, 2.75) is 25.5 Å². The number of nitrogens with two attached hydrogens (primary N) is 1. The Labute approximate surface area is 117 Å². The zero-order valence-electron chi connectivity index (χ0n) is 11.3. The fraction of sp³-hybridized carbons (Fsp3) is 0.429. The van der Waals surface area contributed by atoms with Crippen molar-refractivity contribution in [1.82, 2.24) is 14.9 Å². The minimum Gasteiger partial charge on any atom is -0.376 e. The molecular weight excluding hydrogens is 254 g/mol. The summed E-state index contributed by atoms with van der Waals surface area (Å²) in [7, 11) is 0. The van der Waals surface area contributed by atoms with Crippen molar-refractivity contribution in [3.8, 4) is 0 Å². The molecule has 2 aromatic heterocycles. The minimum absolute atomic E-state index is 0.265. The smallest absolute Gasteiger partial charge is 0.189 e.